The van der Waals surface area contributed by atoms with Gasteiger partial charge in [0.1, 0.15) is 31.7 Å². The van der Waals surface area contributed by atoms with Crippen LogP contribution in [0, 0.1) is 0 Å². The lowest BCUT2D eigenvalue weighted by atomic mass is 9.84. The highest BCUT2D eigenvalue weighted by Gasteiger charge is 2.58. The molecule has 5 rings (SSSR count). The van der Waals surface area contributed by atoms with Crippen LogP contribution in [0.15, 0.2) is 63.7 Å². The molecule has 0 amide bonds. The Morgan fingerprint density at radius 1 is 0.477 bits per heavy atom. The molecule has 0 saturated heterocycles. The Bertz CT molecular complexity index is 1570. The van der Waals surface area contributed by atoms with E-state index >= 15 is 0 Å². The van der Waals surface area contributed by atoms with Crippen molar-refractivity contribution in [2.24, 2.45) is 0 Å². The molecule has 0 aliphatic heterocycles. The van der Waals surface area contributed by atoms with E-state index in [0.717, 1.165) is 45.3 Å². The number of halogens is 4. The molecule has 1 aliphatic rings. The first kappa shape index (κ1) is 33.9. The number of aliphatic hydroxyl groups is 2. The van der Waals surface area contributed by atoms with Gasteiger partial charge in [-0.15, -0.1) is 45.3 Å². The van der Waals surface area contributed by atoms with Gasteiger partial charge in [-0.2, -0.15) is 0 Å². The van der Waals surface area contributed by atoms with Crippen LogP contribution in [-0.4, -0.2) is 70.7 Å². The maximum Gasteiger partial charge on any atom is 0.350 e. The molecule has 0 bridgehead atoms. The Hall–Kier alpha value is -1.48. The molecule has 0 aromatic carbocycles. The van der Waals surface area contributed by atoms with Crippen molar-refractivity contribution in [1.29, 1.82) is 0 Å². The normalized spacial score (nSPS) is 23.1. The predicted octanol–water partition coefficient (Wildman–Crippen LogP) is 6.92. The first-order chi connectivity index (χ1) is 21.0. The van der Waals surface area contributed by atoms with Crippen molar-refractivity contribution in [3.63, 3.8) is 0 Å². The highest BCUT2D eigenvalue weighted by molar-refractivity contribution is 9.11. The van der Waals surface area contributed by atoms with Crippen molar-refractivity contribution in [2.75, 3.05) is 0 Å². The van der Waals surface area contributed by atoms with Gasteiger partial charge in [-0.1, -0.05) is 0 Å². The van der Waals surface area contributed by atoms with Crippen molar-refractivity contribution >= 4 is 133 Å². The monoisotopic (exact) mass is 932 g/mol. The molecule has 0 unspecified atom stereocenters. The van der Waals surface area contributed by atoms with E-state index in [4.69, 9.17) is 18.9 Å². The first-order valence-corrected chi connectivity index (χ1v) is 18.8. The molecular weight excluding hydrogens is 920 g/mol. The molecule has 18 heteroatoms. The smallest absolute Gasteiger partial charge is 0.350 e. The number of hydrogen-bond acceptors (Lipinski definition) is 14. The van der Waals surface area contributed by atoms with Crippen LogP contribution in [0.3, 0.4) is 0 Å². The number of aliphatic hydroxyl groups excluding tert-OH is 2. The maximum absolute atomic E-state index is 13.4. The molecule has 44 heavy (non-hydrogen) atoms. The zero-order valence-corrected chi connectivity index (χ0v) is 31.0. The zero-order valence-electron chi connectivity index (χ0n) is 21.4. The number of carbonyl (C=O) groups excluding carboxylic acids is 4. The Morgan fingerprint density at radius 2 is 0.705 bits per heavy atom. The Kier molecular flexibility index (Phi) is 11.2. The third-order valence-corrected chi connectivity index (χ3v) is 13.4. The molecule has 6 atom stereocenters. The molecule has 4 heterocycles. The quantitative estimate of drug-likeness (QED) is 0.141. The summed E-state index contributed by atoms with van der Waals surface area (Å²) < 4.78 is 24.5. The van der Waals surface area contributed by atoms with Crippen LogP contribution in [0.5, 0.6) is 0 Å². The molecule has 232 valence electrons. The van der Waals surface area contributed by atoms with Crippen molar-refractivity contribution in [3.8, 4) is 0 Å². The summed E-state index contributed by atoms with van der Waals surface area (Å²) in [5.41, 5.74) is 0. The van der Waals surface area contributed by atoms with Gasteiger partial charge in [-0.3, -0.25) is 0 Å². The summed E-state index contributed by atoms with van der Waals surface area (Å²) in [6.45, 7) is 0. The largest absolute Gasteiger partial charge is 0.451 e. The molecule has 1 aliphatic carbocycles. The number of esters is 4. The summed E-state index contributed by atoms with van der Waals surface area (Å²) in [6, 6.07) is 6.45. The van der Waals surface area contributed by atoms with E-state index in [1.165, 1.54) is 0 Å². The van der Waals surface area contributed by atoms with Gasteiger partial charge < -0.3 is 29.2 Å². The SMILES string of the molecule is O=C(O[C@@H]1[C@H](OC(=O)c2sccc2Br)[C@@H](OC(=O)c2sccc2Br)[C@H](O)[C@H](O)[C@H]1OC(=O)c1sccc1Br)c1sccc1Br. The van der Waals surface area contributed by atoms with E-state index in [9.17, 15) is 29.4 Å². The van der Waals surface area contributed by atoms with E-state index in [1.54, 1.807) is 45.8 Å². The summed E-state index contributed by atoms with van der Waals surface area (Å²) in [5.74, 6) is -3.65. The van der Waals surface area contributed by atoms with Crippen molar-refractivity contribution in [1.82, 2.24) is 0 Å². The Morgan fingerprint density at radius 3 is 0.909 bits per heavy atom. The highest BCUT2D eigenvalue weighted by Crippen LogP contribution is 2.36. The van der Waals surface area contributed by atoms with Gasteiger partial charge in [-0.05, 0) is 110 Å². The molecule has 0 spiro atoms. The van der Waals surface area contributed by atoms with Crippen molar-refractivity contribution in [2.45, 2.75) is 36.6 Å². The maximum atomic E-state index is 13.4. The number of hydrogen-bond donors (Lipinski definition) is 2. The van der Waals surface area contributed by atoms with Gasteiger partial charge in [0.2, 0.25) is 0 Å². The second kappa shape index (κ2) is 14.5. The minimum atomic E-state index is -1.95. The number of carbonyl (C=O) groups is 4. The third-order valence-electron chi connectivity index (χ3n) is 6.18. The van der Waals surface area contributed by atoms with Gasteiger partial charge in [0.15, 0.2) is 24.4 Å². The second-order valence-electron chi connectivity index (χ2n) is 8.85. The van der Waals surface area contributed by atoms with Crippen LogP contribution in [-0.2, 0) is 18.9 Å². The Labute approximate surface area is 298 Å². The van der Waals surface area contributed by atoms with Crippen LogP contribution < -0.4 is 0 Å². The second-order valence-corrected chi connectivity index (χ2v) is 15.9. The zero-order chi connectivity index (χ0) is 31.7. The standard InChI is InChI=1S/C26H16Br4O10S4/c27-9-1-5-41-19(9)23(33)37-15-13(31)14(32)16(38-24(34)20-10(28)2-6-42-20)18(40-26(36)22-12(30)4-8-44-22)17(15)39-25(35)21-11(29)3-7-43-21/h1-8,13-18,31-32H/t13-,14+,15+,16-,17-,18+. The molecule has 1 saturated carbocycles. The topological polar surface area (TPSA) is 146 Å². The van der Waals surface area contributed by atoms with Crippen LogP contribution >= 0.6 is 109 Å². The fraction of sp³-hybridized carbons (Fsp3) is 0.231. The third kappa shape index (κ3) is 7.08. The van der Waals surface area contributed by atoms with Gasteiger partial charge >= 0.3 is 23.9 Å². The minimum absolute atomic E-state index is 0.124. The number of rotatable bonds is 8. The molecule has 1 fully saturated rings. The van der Waals surface area contributed by atoms with Crippen LogP contribution in [0.25, 0.3) is 0 Å². The molecule has 4 aromatic rings. The molecule has 10 nitrogen and oxygen atoms in total. The lowest BCUT2D eigenvalue weighted by Crippen LogP contribution is -2.67. The number of thiophene rings is 4. The predicted molar refractivity (Wildman–Crippen MR) is 177 cm³/mol. The Balaban J connectivity index is 1.57. The van der Waals surface area contributed by atoms with Crippen LogP contribution in [0.1, 0.15) is 38.7 Å². The minimum Gasteiger partial charge on any atom is -0.451 e. The van der Waals surface area contributed by atoms with Crippen molar-refractivity contribution < 1.29 is 48.3 Å². The van der Waals surface area contributed by atoms with Gasteiger partial charge in [0, 0.05) is 17.9 Å². The fourth-order valence-electron chi connectivity index (χ4n) is 4.16. The lowest BCUT2D eigenvalue weighted by Gasteiger charge is -2.45. The van der Waals surface area contributed by atoms with E-state index in [-0.39, 0.29) is 19.5 Å². The average molecular weight is 936 g/mol. The van der Waals surface area contributed by atoms with E-state index in [0.29, 0.717) is 17.9 Å². The summed E-state index contributed by atoms with van der Waals surface area (Å²) in [4.78, 5) is 53.7. The lowest BCUT2D eigenvalue weighted by molar-refractivity contribution is -0.223. The summed E-state index contributed by atoms with van der Waals surface area (Å²) in [5, 5.41) is 29.1. The number of ether oxygens (including phenoxy) is 4. The van der Waals surface area contributed by atoms with Gasteiger partial charge in [-0.25, -0.2) is 19.2 Å². The molecule has 4 aromatic heterocycles. The van der Waals surface area contributed by atoms with Crippen LogP contribution in [0.4, 0.5) is 0 Å². The summed E-state index contributed by atoms with van der Waals surface area (Å²) in [6.07, 6.45) is -10.9. The van der Waals surface area contributed by atoms with E-state index in [1.807, 2.05) is 0 Å². The van der Waals surface area contributed by atoms with E-state index in [2.05, 4.69) is 63.7 Å². The van der Waals surface area contributed by atoms with E-state index < -0.39 is 60.5 Å². The van der Waals surface area contributed by atoms with Gasteiger partial charge in [0.25, 0.3) is 0 Å². The molecular formula is C26H16Br4O10S4. The van der Waals surface area contributed by atoms with Crippen molar-refractivity contribution in [3.05, 3.63) is 83.2 Å². The van der Waals surface area contributed by atoms with Gasteiger partial charge in [0.05, 0.1) is 0 Å². The highest BCUT2D eigenvalue weighted by atomic mass is 79.9. The summed E-state index contributed by atoms with van der Waals surface area (Å²) >= 11 is 17.2. The fourth-order valence-corrected chi connectivity index (χ4v) is 9.82. The summed E-state index contributed by atoms with van der Waals surface area (Å²) in [7, 11) is 0. The van der Waals surface area contributed by atoms with Crippen LogP contribution in [0.2, 0.25) is 0 Å². The molecule has 2 N–H and O–H groups in total. The first-order valence-electron chi connectivity index (χ1n) is 12.1. The molecule has 0 radical (unpaired) electrons. The average Bonchev–Trinajstić information content (AvgIpc) is 3.79.